The molecule has 0 spiro atoms. The minimum atomic E-state index is 0.0620. The summed E-state index contributed by atoms with van der Waals surface area (Å²) in [6.07, 6.45) is 2.14. The molecule has 0 aliphatic carbocycles. The van der Waals surface area contributed by atoms with Crippen LogP contribution in [0.4, 0.5) is 11.4 Å². The number of carbonyl (C=O) groups is 1. The van der Waals surface area contributed by atoms with Gasteiger partial charge >= 0.3 is 0 Å². The van der Waals surface area contributed by atoms with Crippen molar-refractivity contribution in [3.05, 3.63) is 59.7 Å². The summed E-state index contributed by atoms with van der Waals surface area (Å²) in [6.45, 7) is 3.51. The molecule has 4 heteroatoms. The second-order valence-corrected chi connectivity index (χ2v) is 6.29. The summed E-state index contributed by atoms with van der Waals surface area (Å²) in [7, 11) is 1.71. The Balaban J connectivity index is 1.80. The molecule has 24 heavy (non-hydrogen) atoms. The number of likely N-dealkylation sites (tertiary alicyclic amines) is 1. The second-order valence-electron chi connectivity index (χ2n) is 6.29. The molecule has 1 unspecified atom stereocenters. The molecule has 126 valence electrons. The maximum absolute atomic E-state index is 13.0. The third-order valence-electron chi connectivity index (χ3n) is 4.49. The van der Waals surface area contributed by atoms with Crippen molar-refractivity contribution >= 4 is 17.3 Å². The van der Waals surface area contributed by atoms with Gasteiger partial charge in [-0.15, -0.1) is 0 Å². The number of nitrogens with one attached hydrogen (secondary N) is 1. The molecule has 0 saturated carbocycles. The minimum Gasteiger partial charge on any atom is -0.380 e. The van der Waals surface area contributed by atoms with Gasteiger partial charge in [0.2, 0.25) is 0 Å². The summed E-state index contributed by atoms with van der Waals surface area (Å²) in [5.74, 6) is 0.0620. The Morgan fingerprint density at radius 1 is 1.17 bits per heavy atom. The number of para-hydroxylation sites is 1. The molecule has 1 heterocycles. The van der Waals surface area contributed by atoms with Crippen molar-refractivity contribution in [2.75, 3.05) is 25.5 Å². The van der Waals surface area contributed by atoms with Crippen LogP contribution in [-0.4, -0.2) is 37.1 Å². The lowest BCUT2D eigenvalue weighted by atomic mass is 10.1. The van der Waals surface area contributed by atoms with Gasteiger partial charge in [0.25, 0.3) is 5.91 Å². The van der Waals surface area contributed by atoms with Crippen molar-refractivity contribution in [3.8, 4) is 0 Å². The minimum absolute atomic E-state index is 0.0620. The second kappa shape index (κ2) is 7.49. The molecular weight excluding hydrogens is 300 g/mol. The van der Waals surface area contributed by atoms with Crippen molar-refractivity contribution in [3.63, 3.8) is 0 Å². The van der Waals surface area contributed by atoms with Gasteiger partial charge in [0.05, 0.1) is 17.4 Å². The third kappa shape index (κ3) is 3.77. The first-order valence-corrected chi connectivity index (χ1v) is 8.42. The van der Waals surface area contributed by atoms with E-state index >= 15 is 0 Å². The highest BCUT2D eigenvalue weighted by molar-refractivity contribution is 6.00. The van der Waals surface area contributed by atoms with Crippen molar-refractivity contribution < 1.29 is 9.53 Å². The SMILES string of the molecule is COC1CCCN(C(=O)c2ccccc2Nc2ccc(C)cc2)C1. The molecule has 1 amide bonds. The zero-order valence-electron chi connectivity index (χ0n) is 14.3. The van der Waals surface area contributed by atoms with E-state index < -0.39 is 0 Å². The number of hydrogen-bond acceptors (Lipinski definition) is 3. The summed E-state index contributed by atoms with van der Waals surface area (Å²) in [6, 6.07) is 15.9. The molecule has 1 aliphatic heterocycles. The average molecular weight is 324 g/mol. The Kier molecular flexibility index (Phi) is 5.16. The first-order chi connectivity index (χ1) is 11.7. The third-order valence-corrected chi connectivity index (χ3v) is 4.49. The Morgan fingerprint density at radius 2 is 1.92 bits per heavy atom. The predicted octanol–water partition coefficient (Wildman–Crippen LogP) is 3.99. The Labute approximate surface area is 143 Å². The first-order valence-electron chi connectivity index (χ1n) is 8.42. The number of nitrogens with zero attached hydrogens (tertiary/aromatic N) is 1. The van der Waals surface area contributed by atoms with Gasteiger partial charge in [-0.1, -0.05) is 29.8 Å². The average Bonchev–Trinajstić information content (AvgIpc) is 2.63. The Bertz CT molecular complexity index is 697. The van der Waals surface area contributed by atoms with Crippen LogP contribution in [0.15, 0.2) is 48.5 Å². The molecule has 1 atom stereocenters. The van der Waals surface area contributed by atoms with Crippen molar-refractivity contribution in [1.82, 2.24) is 4.90 Å². The van der Waals surface area contributed by atoms with Crippen molar-refractivity contribution in [1.29, 1.82) is 0 Å². The standard InChI is InChI=1S/C20H24N2O2/c1-15-9-11-16(12-10-15)21-19-8-4-3-7-18(19)20(23)22-13-5-6-17(14-22)24-2/h3-4,7-12,17,21H,5-6,13-14H2,1-2H3. The fourth-order valence-corrected chi connectivity index (χ4v) is 3.06. The number of ether oxygens (including phenoxy) is 1. The van der Waals surface area contributed by atoms with Gasteiger partial charge in [-0.3, -0.25) is 4.79 Å². The van der Waals surface area contributed by atoms with Crippen LogP contribution in [0.5, 0.6) is 0 Å². The van der Waals surface area contributed by atoms with Gasteiger partial charge in [0.1, 0.15) is 0 Å². The Hall–Kier alpha value is -2.33. The van der Waals surface area contributed by atoms with Gasteiger partial charge < -0.3 is 15.0 Å². The van der Waals surface area contributed by atoms with Crippen LogP contribution < -0.4 is 5.32 Å². The van der Waals surface area contributed by atoms with Crippen LogP contribution in [0.3, 0.4) is 0 Å². The molecule has 0 aromatic heterocycles. The molecule has 1 saturated heterocycles. The highest BCUT2D eigenvalue weighted by Gasteiger charge is 2.25. The smallest absolute Gasteiger partial charge is 0.256 e. The number of piperidine rings is 1. The molecule has 1 N–H and O–H groups in total. The van der Waals surface area contributed by atoms with E-state index in [1.807, 2.05) is 41.3 Å². The molecule has 0 bridgehead atoms. The van der Waals surface area contributed by atoms with E-state index in [2.05, 4.69) is 24.4 Å². The van der Waals surface area contributed by atoms with Gasteiger partial charge in [-0.25, -0.2) is 0 Å². The highest BCUT2D eigenvalue weighted by atomic mass is 16.5. The summed E-state index contributed by atoms with van der Waals surface area (Å²) < 4.78 is 5.43. The summed E-state index contributed by atoms with van der Waals surface area (Å²) in [5.41, 5.74) is 3.74. The fraction of sp³-hybridized carbons (Fsp3) is 0.350. The van der Waals surface area contributed by atoms with E-state index in [0.717, 1.165) is 30.8 Å². The lowest BCUT2D eigenvalue weighted by molar-refractivity contribution is 0.0269. The maximum Gasteiger partial charge on any atom is 0.256 e. The van der Waals surface area contributed by atoms with E-state index in [0.29, 0.717) is 12.1 Å². The van der Waals surface area contributed by atoms with Crippen LogP contribution in [0.1, 0.15) is 28.8 Å². The lowest BCUT2D eigenvalue weighted by Gasteiger charge is -2.32. The zero-order chi connectivity index (χ0) is 16.9. The quantitative estimate of drug-likeness (QED) is 0.924. The normalized spacial score (nSPS) is 17.6. The zero-order valence-corrected chi connectivity index (χ0v) is 14.3. The molecule has 4 nitrogen and oxygen atoms in total. The maximum atomic E-state index is 13.0. The van der Waals surface area contributed by atoms with E-state index in [9.17, 15) is 4.79 Å². The summed E-state index contributed by atoms with van der Waals surface area (Å²) >= 11 is 0. The predicted molar refractivity (Wildman–Crippen MR) is 96.8 cm³/mol. The number of amides is 1. The first kappa shape index (κ1) is 16.5. The molecule has 1 aliphatic rings. The van der Waals surface area contributed by atoms with Gasteiger partial charge in [-0.2, -0.15) is 0 Å². The largest absolute Gasteiger partial charge is 0.380 e. The van der Waals surface area contributed by atoms with Crippen LogP contribution in [-0.2, 0) is 4.74 Å². The number of methoxy groups -OCH3 is 1. The van der Waals surface area contributed by atoms with Crippen LogP contribution >= 0.6 is 0 Å². The number of carbonyl (C=O) groups excluding carboxylic acids is 1. The number of aryl methyl sites for hydroxylation is 1. The number of benzene rings is 2. The number of anilines is 2. The molecule has 1 fully saturated rings. The number of hydrogen-bond donors (Lipinski definition) is 1. The molecule has 3 rings (SSSR count). The van der Waals surface area contributed by atoms with E-state index in [1.165, 1.54) is 5.56 Å². The molecule has 0 radical (unpaired) electrons. The molecular formula is C20H24N2O2. The number of rotatable bonds is 4. The van der Waals surface area contributed by atoms with Crippen molar-refractivity contribution in [2.45, 2.75) is 25.9 Å². The van der Waals surface area contributed by atoms with Crippen molar-refractivity contribution in [2.24, 2.45) is 0 Å². The molecule has 2 aromatic rings. The monoisotopic (exact) mass is 324 g/mol. The summed E-state index contributed by atoms with van der Waals surface area (Å²) in [5, 5.41) is 3.37. The highest BCUT2D eigenvalue weighted by Crippen LogP contribution is 2.24. The van der Waals surface area contributed by atoms with E-state index in [-0.39, 0.29) is 12.0 Å². The van der Waals surface area contributed by atoms with Crippen LogP contribution in [0, 0.1) is 6.92 Å². The summed E-state index contributed by atoms with van der Waals surface area (Å²) in [4.78, 5) is 14.9. The topological polar surface area (TPSA) is 41.6 Å². The van der Waals surface area contributed by atoms with E-state index in [4.69, 9.17) is 4.74 Å². The molecule has 2 aromatic carbocycles. The Morgan fingerprint density at radius 3 is 2.67 bits per heavy atom. The van der Waals surface area contributed by atoms with Crippen LogP contribution in [0.2, 0.25) is 0 Å². The van der Waals surface area contributed by atoms with E-state index in [1.54, 1.807) is 7.11 Å². The lowest BCUT2D eigenvalue weighted by Crippen LogP contribution is -2.43. The van der Waals surface area contributed by atoms with Crippen LogP contribution in [0.25, 0.3) is 0 Å². The fourth-order valence-electron chi connectivity index (χ4n) is 3.06. The van der Waals surface area contributed by atoms with Gasteiger partial charge in [-0.05, 0) is 44.0 Å². The van der Waals surface area contributed by atoms with Gasteiger partial charge in [0, 0.05) is 25.9 Å². The van der Waals surface area contributed by atoms with Gasteiger partial charge in [0.15, 0.2) is 0 Å².